The van der Waals surface area contributed by atoms with Crippen molar-refractivity contribution in [1.82, 2.24) is 0 Å². The lowest BCUT2D eigenvalue weighted by Gasteiger charge is -2.44. The van der Waals surface area contributed by atoms with Crippen molar-refractivity contribution in [2.45, 2.75) is 17.4 Å². The van der Waals surface area contributed by atoms with E-state index in [9.17, 15) is 5.11 Å². The standard InChI is InChI=1S/C29H25O2P/c30-29(26-17-9-3-10-18-26)22-25(23-13-5-1-6-14-23)21-28(24-15-7-2-8-16-24)32(29,31)27-19-11-4-12-20-27/h1-20,22,28,30H,21H2. The Balaban J connectivity index is 1.83. The maximum Gasteiger partial charge on any atom is 0.166 e. The van der Waals surface area contributed by atoms with Gasteiger partial charge >= 0.3 is 0 Å². The van der Waals surface area contributed by atoms with Gasteiger partial charge in [0, 0.05) is 11.0 Å². The van der Waals surface area contributed by atoms with E-state index in [0.717, 1.165) is 16.7 Å². The third kappa shape index (κ3) is 3.37. The van der Waals surface area contributed by atoms with Crippen LogP contribution in [0, 0.1) is 0 Å². The topological polar surface area (TPSA) is 37.3 Å². The molecular formula is C29H25O2P. The first-order valence-electron chi connectivity index (χ1n) is 10.9. The van der Waals surface area contributed by atoms with Gasteiger partial charge < -0.3 is 9.67 Å². The highest BCUT2D eigenvalue weighted by Crippen LogP contribution is 2.74. The van der Waals surface area contributed by atoms with Crippen molar-refractivity contribution in [1.29, 1.82) is 0 Å². The highest BCUT2D eigenvalue weighted by Gasteiger charge is 2.55. The highest BCUT2D eigenvalue weighted by molar-refractivity contribution is 7.73. The second-order valence-corrected chi connectivity index (χ2v) is 11.4. The molecule has 0 spiro atoms. The predicted molar refractivity (Wildman–Crippen MR) is 132 cm³/mol. The molecule has 0 bridgehead atoms. The van der Waals surface area contributed by atoms with Crippen molar-refractivity contribution in [2.24, 2.45) is 0 Å². The molecule has 3 heteroatoms. The zero-order valence-corrected chi connectivity index (χ0v) is 18.6. The molecule has 158 valence electrons. The molecule has 1 N–H and O–H groups in total. The largest absolute Gasteiger partial charge is 0.373 e. The number of hydrogen-bond acceptors (Lipinski definition) is 2. The molecule has 32 heavy (non-hydrogen) atoms. The van der Waals surface area contributed by atoms with Gasteiger partial charge in [-0.25, -0.2) is 0 Å². The van der Waals surface area contributed by atoms with E-state index in [-0.39, 0.29) is 5.66 Å². The van der Waals surface area contributed by atoms with E-state index in [1.165, 1.54) is 0 Å². The fourth-order valence-corrected chi connectivity index (χ4v) is 8.58. The van der Waals surface area contributed by atoms with E-state index in [4.69, 9.17) is 0 Å². The minimum atomic E-state index is -3.42. The van der Waals surface area contributed by atoms with Crippen molar-refractivity contribution in [2.75, 3.05) is 0 Å². The van der Waals surface area contributed by atoms with E-state index in [0.29, 0.717) is 17.3 Å². The molecule has 4 aromatic rings. The summed E-state index contributed by atoms with van der Waals surface area (Å²) in [4.78, 5) is 0. The van der Waals surface area contributed by atoms with Gasteiger partial charge in [0.15, 0.2) is 12.5 Å². The van der Waals surface area contributed by atoms with E-state index in [2.05, 4.69) is 12.1 Å². The Hall–Kier alpha value is -3.19. The minimum absolute atomic E-state index is 0.350. The Bertz CT molecular complexity index is 1270. The van der Waals surface area contributed by atoms with Crippen molar-refractivity contribution in [3.05, 3.63) is 144 Å². The summed E-state index contributed by atoms with van der Waals surface area (Å²) < 4.78 is 15.3. The zero-order chi connectivity index (χ0) is 22.0. The number of aliphatic hydroxyl groups is 1. The van der Waals surface area contributed by atoms with Crippen molar-refractivity contribution < 1.29 is 9.67 Å². The number of allylic oxidation sites excluding steroid dienone is 1. The lowest BCUT2D eigenvalue weighted by atomic mass is 9.94. The summed E-state index contributed by atoms with van der Waals surface area (Å²) in [6.45, 7) is 0. The van der Waals surface area contributed by atoms with Crippen LogP contribution in [0.5, 0.6) is 0 Å². The highest BCUT2D eigenvalue weighted by atomic mass is 31.2. The van der Waals surface area contributed by atoms with Gasteiger partial charge in [0.05, 0.1) is 0 Å². The fraction of sp³-hybridized carbons (Fsp3) is 0.103. The molecular weight excluding hydrogens is 411 g/mol. The molecule has 0 saturated carbocycles. The monoisotopic (exact) mass is 436 g/mol. The molecule has 4 aromatic carbocycles. The van der Waals surface area contributed by atoms with Crippen LogP contribution < -0.4 is 5.30 Å². The molecule has 0 amide bonds. The molecule has 1 heterocycles. The number of benzene rings is 4. The third-order valence-electron chi connectivity index (χ3n) is 6.40. The third-order valence-corrected chi connectivity index (χ3v) is 10.2. The van der Waals surface area contributed by atoms with Crippen LogP contribution in [0.3, 0.4) is 0 Å². The predicted octanol–water partition coefficient (Wildman–Crippen LogP) is 6.75. The minimum Gasteiger partial charge on any atom is -0.373 e. The molecule has 0 fully saturated rings. The molecule has 0 radical (unpaired) electrons. The van der Waals surface area contributed by atoms with E-state index >= 15 is 4.57 Å². The van der Waals surface area contributed by atoms with Gasteiger partial charge in [0.25, 0.3) is 0 Å². The quantitative estimate of drug-likeness (QED) is 0.359. The van der Waals surface area contributed by atoms with Gasteiger partial charge in [0.1, 0.15) is 0 Å². The molecule has 5 rings (SSSR count). The Morgan fingerprint density at radius 3 is 1.78 bits per heavy atom. The van der Waals surface area contributed by atoms with Crippen molar-refractivity contribution in [3.63, 3.8) is 0 Å². The summed E-state index contributed by atoms with van der Waals surface area (Å²) in [6.07, 6.45) is 2.44. The summed E-state index contributed by atoms with van der Waals surface area (Å²) >= 11 is 0. The Morgan fingerprint density at radius 2 is 1.19 bits per heavy atom. The maximum absolute atomic E-state index is 15.3. The fourth-order valence-electron chi connectivity index (χ4n) is 4.81. The van der Waals surface area contributed by atoms with Gasteiger partial charge in [-0.3, -0.25) is 0 Å². The summed E-state index contributed by atoms with van der Waals surface area (Å²) in [6, 6.07) is 39.0. The Morgan fingerprint density at radius 1 is 0.688 bits per heavy atom. The average Bonchev–Trinajstić information content (AvgIpc) is 2.87. The first-order valence-corrected chi connectivity index (χ1v) is 12.7. The first kappa shape index (κ1) is 20.7. The van der Waals surface area contributed by atoms with Crippen molar-refractivity contribution in [3.8, 4) is 0 Å². The lowest BCUT2D eigenvalue weighted by molar-refractivity contribution is 0.171. The van der Waals surface area contributed by atoms with E-state index in [1.54, 1.807) is 0 Å². The summed E-state index contributed by atoms with van der Waals surface area (Å²) in [5, 5.41) is 11.5. The van der Waals surface area contributed by atoms with E-state index in [1.807, 2.05) is 115 Å². The van der Waals surface area contributed by atoms with Crippen LogP contribution in [0.25, 0.3) is 5.57 Å². The van der Waals surface area contributed by atoms with Crippen LogP contribution in [0.15, 0.2) is 127 Å². The van der Waals surface area contributed by atoms with Crippen molar-refractivity contribution >= 4 is 18.0 Å². The molecule has 0 aliphatic carbocycles. The lowest BCUT2D eigenvalue weighted by Crippen LogP contribution is -2.35. The van der Waals surface area contributed by atoms with Gasteiger partial charge in [-0.05, 0) is 34.8 Å². The Labute approximate surface area is 189 Å². The normalized spacial score (nSPS) is 25.2. The molecule has 2 nitrogen and oxygen atoms in total. The summed E-state index contributed by atoms with van der Waals surface area (Å²) in [7, 11) is -3.42. The van der Waals surface area contributed by atoms with Crippen LogP contribution in [0.2, 0.25) is 0 Å². The molecule has 1 aliphatic heterocycles. The van der Waals surface area contributed by atoms with E-state index < -0.39 is 12.5 Å². The maximum atomic E-state index is 15.3. The number of hydrogen-bond donors (Lipinski definition) is 1. The van der Waals surface area contributed by atoms with Crippen LogP contribution in [-0.4, -0.2) is 5.11 Å². The van der Waals surface area contributed by atoms with Crippen LogP contribution in [0.4, 0.5) is 0 Å². The first-order chi connectivity index (χ1) is 15.6. The Kier molecular flexibility index (Phi) is 5.43. The van der Waals surface area contributed by atoms with Gasteiger partial charge in [-0.1, -0.05) is 121 Å². The zero-order valence-electron chi connectivity index (χ0n) is 17.7. The van der Waals surface area contributed by atoms with Gasteiger partial charge in [0.2, 0.25) is 0 Å². The molecule has 3 unspecified atom stereocenters. The summed E-state index contributed by atoms with van der Waals surface area (Å²) in [5.74, 6) is 0. The van der Waals surface area contributed by atoms with Gasteiger partial charge in [-0.15, -0.1) is 0 Å². The molecule has 0 saturated heterocycles. The second-order valence-electron chi connectivity index (χ2n) is 8.25. The van der Waals surface area contributed by atoms with Crippen LogP contribution in [-0.2, 0) is 9.91 Å². The smallest absolute Gasteiger partial charge is 0.166 e. The molecule has 0 aromatic heterocycles. The SMILES string of the molecule is O=P1(c2ccccc2)C(c2ccccc2)CC(c2ccccc2)=CC1(O)c1ccccc1. The molecule has 3 atom stereocenters. The van der Waals surface area contributed by atoms with Crippen LogP contribution >= 0.6 is 7.14 Å². The second kappa shape index (κ2) is 8.39. The molecule has 1 aliphatic rings. The van der Waals surface area contributed by atoms with Crippen LogP contribution in [0.1, 0.15) is 28.8 Å². The van der Waals surface area contributed by atoms with Gasteiger partial charge in [-0.2, -0.15) is 0 Å². The number of rotatable bonds is 4. The average molecular weight is 436 g/mol. The summed E-state index contributed by atoms with van der Waals surface area (Å²) in [5.41, 5.74) is 3.34.